The highest BCUT2D eigenvalue weighted by atomic mass is 35.5. The van der Waals surface area contributed by atoms with Gasteiger partial charge in [0, 0.05) is 18.6 Å². The highest BCUT2D eigenvalue weighted by Crippen LogP contribution is 2.48. The van der Waals surface area contributed by atoms with Crippen molar-refractivity contribution in [1.29, 1.82) is 0 Å². The van der Waals surface area contributed by atoms with Crippen molar-refractivity contribution in [2.75, 3.05) is 6.54 Å². The lowest BCUT2D eigenvalue weighted by atomic mass is 10.1. The summed E-state index contributed by atoms with van der Waals surface area (Å²) in [5.41, 5.74) is 9.41. The second-order valence-electron chi connectivity index (χ2n) is 9.11. The number of aryl methyl sites for hydroxylation is 2. The van der Waals surface area contributed by atoms with Gasteiger partial charge in [-0.15, -0.1) is 22.7 Å². The average Bonchev–Trinajstić information content (AvgIpc) is 3.16. The first kappa shape index (κ1) is 24.8. The van der Waals surface area contributed by atoms with Gasteiger partial charge in [0.05, 0.1) is 25.7 Å². The fraction of sp³-hybridized carbons (Fsp3) is 0.308. The Balaban J connectivity index is 0.000000174. The van der Waals surface area contributed by atoms with Crippen molar-refractivity contribution in [2.24, 2.45) is 11.7 Å². The summed E-state index contributed by atoms with van der Waals surface area (Å²) in [4.78, 5) is 35.4. The largest absolute Gasteiger partial charge is 0.478 e. The Morgan fingerprint density at radius 3 is 2.64 bits per heavy atom. The Morgan fingerprint density at radius 1 is 1.14 bits per heavy atom. The van der Waals surface area contributed by atoms with Gasteiger partial charge in [0.25, 0.3) is 5.91 Å². The molecule has 1 aliphatic heterocycles. The van der Waals surface area contributed by atoms with Crippen molar-refractivity contribution >= 4 is 56.4 Å². The number of fused-ring (bicyclic) bond motifs is 2. The number of hydrogen-bond donors (Lipinski definition) is 2. The number of aromatic nitrogens is 2. The number of hydrogen-bond acceptors (Lipinski definition) is 7. The third-order valence-electron chi connectivity index (χ3n) is 6.56. The minimum Gasteiger partial charge on any atom is -0.478 e. The lowest BCUT2D eigenvalue weighted by Gasteiger charge is -2.26. The van der Waals surface area contributed by atoms with E-state index >= 15 is 0 Å². The van der Waals surface area contributed by atoms with Crippen LogP contribution >= 0.6 is 34.3 Å². The first-order chi connectivity index (χ1) is 17.3. The normalized spacial score (nSPS) is 20.1. The summed E-state index contributed by atoms with van der Waals surface area (Å²) in [6.07, 6.45) is 2.18. The fourth-order valence-corrected chi connectivity index (χ4v) is 6.81. The number of thiazole rings is 2. The SMILES string of the molecule is Cc1cccc(-c2sc(C)nc2C(=O)N2[C@H](CN)C[C@@H]3C[C@@H]32)c1.O=C(O)c1cccc2sc(Cl)nc12. The van der Waals surface area contributed by atoms with E-state index in [0.717, 1.165) is 33.0 Å². The van der Waals surface area contributed by atoms with E-state index in [-0.39, 0.29) is 17.5 Å². The van der Waals surface area contributed by atoms with Gasteiger partial charge in [0.15, 0.2) is 4.47 Å². The van der Waals surface area contributed by atoms with Gasteiger partial charge in [-0.3, -0.25) is 4.79 Å². The number of piperidine rings is 1. The van der Waals surface area contributed by atoms with Crippen LogP contribution in [0.5, 0.6) is 0 Å². The van der Waals surface area contributed by atoms with Crippen LogP contribution in [-0.2, 0) is 0 Å². The van der Waals surface area contributed by atoms with E-state index in [4.69, 9.17) is 22.4 Å². The van der Waals surface area contributed by atoms with E-state index < -0.39 is 5.97 Å². The molecule has 0 radical (unpaired) electrons. The highest BCUT2D eigenvalue weighted by Gasteiger charge is 2.54. The van der Waals surface area contributed by atoms with Gasteiger partial charge in [-0.2, -0.15) is 0 Å². The molecule has 3 heterocycles. The van der Waals surface area contributed by atoms with Crippen LogP contribution in [0.15, 0.2) is 42.5 Å². The molecule has 36 heavy (non-hydrogen) atoms. The van der Waals surface area contributed by atoms with Crippen LogP contribution in [0.25, 0.3) is 20.7 Å². The van der Waals surface area contributed by atoms with Crippen molar-refractivity contribution in [3.63, 3.8) is 0 Å². The smallest absolute Gasteiger partial charge is 0.337 e. The predicted molar refractivity (Wildman–Crippen MR) is 144 cm³/mol. The Kier molecular flexibility index (Phi) is 6.82. The van der Waals surface area contributed by atoms with Crippen LogP contribution in [0.3, 0.4) is 0 Å². The first-order valence-corrected chi connectivity index (χ1v) is 13.6. The van der Waals surface area contributed by atoms with Crippen molar-refractivity contribution in [3.05, 3.63) is 68.8 Å². The third-order valence-corrected chi connectivity index (χ3v) is 8.70. The van der Waals surface area contributed by atoms with Crippen LogP contribution in [0, 0.1) is 19.8 Å². The van der Waals surface area contributed by atoms with Crippen LogP contribution in [0.1, 0.15) is 44.3 Å². The molecule has 1 aliphatic carbocycles. The summed E-state index contributed by atoms with van der Waals surface area (Å²) < 4.78 is 1.16. The number of nitrogens with two attached hydrogens (primary N) is 1. The molecule has 2 aromatic heterocycles. The molecule has 4 aromatic rings. The zero-order chi connectivity index (χ0) is 25.6. The number of carboxylic acids is 1. The molecular formula is C26H25ClN4O3S2. The zero-order valence-electron chi connectivity index (χ0n) is 19.8. The number of halogens is 1. The molecule has 1 saturated heterocycles. The van der Waals surface area contributed by atoms with E-state index in [1.807, 2.05) is 17.9 Å². The van der Waals surface area contributed by atoms with Crippen molar-refractivity contribution in [3.8, 4) is 10.4 Å². The fourth-order valence-electron chi connectivity index (χ4n) is 4.86. The Bertz CT molecular complexity index is 1470. The van der Waals surface area contributed by atoms with Crippen molar-refractivity contribution in [1.82, 2.24) is 14.9 Å². The molecule has 1 amide bonds. The molecule has 2 fully saturated rings. The minimum atomic E-state index is -0.979. The molecule has 6 rings (SSSR count). The average molecular weight is 541 g/mol. The molecule has 3 atom stereocenters. The van der Waals surface area contributed by atoms with Crippen molar-refractivity contribution in [2.45, 2.75) is 38.8 Å². The molecule has 10 heteroatoms. The van der Waals surface area contributed by atoms with Gasteiger partial charge in [-0.1, -0.05) is 47.5 Å². The van der Waals surface area contributed by atoms with Gasteiger partial charge in [0.1, 0.15) is 5.69 Å². The summed E-state index contributed by atoms with van der Waals surface area (Å²) in [6.45, 7) is 4.57. The Hall–Kier alpha value is -2.85. The molecule has 3 N–H and O–H groups in total. The lowest BCUT2D eigenvalue weighted by Crippen LogP contribution is -2.42. The maximum atomic E-state index is 13.2. The predicted octanol–water partition coefficient (Wildman–Crippen LogP) is 5.64. The van der Waals surface area contributed by atoms with Gasteiger partial charge < -0.3 is 15.7 Å². The number of likely N-dealkylation sites (tertiary alicyclic amines) is 1. The lowest BCUT2D eigenvalue weighted by molar-refractivity contribution is 0.0690. The minimum absolute atomic E-state index is 0.0614. The molecule has 186 valence electrons. The Morgan fingerprint density at radius 2 is 1.92 bits per heavy atom. The molecule has 0 spiro atoms. The summed E-state index contributed by atoms with van der Waals surface area (Å²) in [5, 5.41) is 9.74. The number of benzene rings is 2. The molecule has 7 nitrogen and oxygen atoms in total. The number of carbonyl (C=O) groups is 2. The molecular weight excluding hydrogens is 516 g/mol. The van der Waals surface area contributed by atoms with E-state index in [0.29, 0.717) is 34.2 Å². The standard InChI is InChI=1S/C18H21N3OS.C8H4ClNO2S/c1-10-4-3-5-12(6-10)17-16(20-11(2)23-17)18(22)21-14(9-19)7-13-8-15(13)21;9-8-10-6-4(7(11)12)2-1-3-5(6)13-8/h3-6,13-15H,7-9,19H2,1-2H3;1-3H,(H,11,12)/t13-,14+,15+;/m1./s1. The number of amides is 1. The van der Waals surface area contributed by atoms with Crippen molar-refractivity contribution < 1.29 is 14.7 Å². The molecule has 1 saturated carbocycles. The topological polar surface area (TPSA) is 109 Å². The summed E-state index contributed by atoms with van der Waals surface area (Å²) >= 11 is 8.55. The molecule has 0 bridgehead atoms. The molecule has 2 aliphatic rings. The van der Waals surface area contributed by atoms with E-state index in [2.05, 4.69) is 35.1 Å². The number of aromatic carboxylic acids is 1. The van der Waals surface area contributed by atoms with Gasteiger partial charge in [-0.25, -0.2) is 14.8 Å². The zero-order valence-corrected chi connectivity index (χ0v) is 22.2. The number of nitrogens with zero attached hydrogens (tertiary/aromatic N) is 3. The van der Waals surface area contributed by atoms with Gasteiger partial charge in [-0.05, 0) is 50.3 Å². The Labute approximate surface area is 221 Å². The van der Waals surface area contributed by atoms with E-state index in [1.165, 1.54) is 23.0 Å². The van der Waals surface area contributed by atoms with E-state index in [1.54, 1.807) is 23.5 Å². The van der Waals surface area contributed by atoms with Crippen LogP contribution in [0.2, 0.25) is 4.47 Å². The number of rotatable bonds is 4. The van der Waals surface area contributed by atoms with Gasteiger partial charge >= 0.3 is 5.97 Å². The van der Waals surface area contributed by atoms with Crippen LogP contribution in [-0.4, -0.2) is 50.5 Å². The summed E-state index contributed by atoms with van der Waals surface area (Å²) in [6, 6.07) is 13.8. The highest BCUT2D eigenvalue weighted by molar-refractivity contribution is 7.22. The second kappa shape index (κ2) is 9.89. The maximum Gasteiger partial charge on any atom is 0.337 e. The third kappa shape index (κ3) is 4.76. The quantitative estimate of drug-likeness (QED) is 0.347. The van der Waals surface area contributed by atoms with Crippen LogP contribution < -0.4 is 5.73 Å². The van der Waals surface area contributed by atoms with E-state index in [9.17, 15) is 9.59 Å². The maximum absolute atomic E-state index is 13.2. The second-order valence-corrected chi connectivity index (χ2v) is 11.9. The number of para-hydroxylation sites is 1. The van der Waals surface area contributed by atoms with Gasteiger partial charge in [0.2, 0.25) is 0 Å². The first-order valence-electron chi connectivity index (χ1n) is 11.6. The molecule has 2 aromatic carbocycles. The van der Waals surface area contributed by atoms with Crippen LogP contribution in [0.4, 0.5) is 0 Å². The number of carbonyl (C=O) groups excluding carboxylic acids is 1. The number of carboxylic acid groups (broad SMARTS) is 1. The monoisotopic (exact) mass is 540 g/mol. The molecule has 0 unspecified atom stereocenters. The summed E-state index contributed by atoms with van der Waals surface area (Å²) in [5.74, 6) is -0.256. The summed E-state index contributed by atoms with van der Waals surface area (Å²) in [7, 11) is 0.